The number of hydrogen-bond donors (Lipinski definition) is 1. The van der Waals surface area contributed by atoms with E-state index in [2.05, 4.69) is 14.9 Å². The van der Waals surface area contributed by atoms with E-state index in [0.29, 0.717) is 25.6 Å². The normalized spacial score (nSPS) is 16.6. The highest BCUT2D eigenvalue weighted by Gasteiger charge is 2.30. The summed E-state index contributed by atoms with van der Waals surface area (Å²) in [4.78, 5) is 24.9. The Morgan fingerprint density at radius 3 is 2.37 bits per heavy atom. The second kappa shape index (κ2) is 8.35. The van der Waals surface area contributed by atoms with Crippen LogP contribution in [0.5, 0.6) is 5.75 Å². The highest BCUT2D eigenvalue weighted by atomic mass is 16.5. The van der Waals surface area contributed by atoms with E-state index in [1.807, 2.05) is 30.9 Å². The van der Waals surface area contributed by atoms with Crippen molar-refractivity contribution < 1.29 is 14.6 Å². The topological polar surface area (TPSA) is 78.8 Å². The SMILES string of the molecule is COc1c(C)cc(C(C(=O)O)N2CCCN(c3ncccn3)CC2)cc1C. The summed E-state index contributed by atoms with van der Waals surface area (Å²) in [6.07, 6.45) is 4.32. The maximum atomic E-state index is 12.1. The number of rotatable bonds is 5. The van der Waals surface area contributed by atoms with Crippen LogP contribution in [-0.4, -0.2) is 59.2 Å². The molecule has 0 spiro atoms. The summed E-state index contributed by atoms with van der Waals surface area (Å²) < 4.78 is 5.42. The van der Waals surface area contributed by atoms with Crippen molar-refractivity contribution in [1.29, 1.82) is 0 Å². The van der Waals surface area contributed by atoms with Gasteiger partial charge < -0.3 is 14.7 Å². The molecule has 0 saturated carbocycles. The fourth-order valence-electron chi connectivity index (χ4n) is 3.82. The molecule has 0 bridgehead atoms. The predicted octanol–water partition coefficient (Wildman–Crippen LogP) is 2.44. The average molecular weight is 370 g/mol. The van der Waals surface area contributed by atoms with E-state index >= 15 is 0 Å². The number of benzene rings is 1. The van der Waals surface area contributed by atoms with E-state index in [0.717, 1.165) is 35.4 Å². The molecule has 2 aromatic rings. The number of anilines is 1. The van der Waals surface area contributed by atoms with E-state index in [1.165, 1.54) is 0 Å². The van der Waals surface area contributed by atoms with Gasteiger partial charge in [-0.05, 0) is 43.0 Å². The molecule has 1 N–H and O–H groups in total. The van der Waals surface area contributed by atoms with Crippen molar-refractivity contribution in [3.05, 3.63) is 47.3 Å². The van der Waals surface area contributed by atoms with Gasteiger partial charge in [-0.25, -0.2) is 9.97 Å². The second-order valence-corrected chi connectivity index (χ2v) is 6.85. The van der Waals surface area contributed by atoms with E-state index < -0.39 is 12.0 Å². The Kier molecular flexibility index (Phi) is 5.91. The van der Waals surface area contributed by atoms with Gasteiger partial charge in [0.2, 0.25) is 5.95 Å². The number of carbonyl (C=O) groups is 1. The number of aliphatic carboxylic acids is 1. The van der Waals surface area contributed by atoms with Gasteiger partial charge in [-0.3, -0.25) is 9.69 Å². The van der Waals surface area contributed by atoms with Gasteiger partial charge in [0, 0.05) is 38.6 Å². The van der Waals surface area contributed by atoms with Gasteiger partial charge in [0.1, 0.15) is 11.8 Å². The van der Waals surface area contributed by atoms with Crippen molar-refractivity contribution in [3.8, 4) is 5.75 Å². The van der Waals surface area contributed by atoms with Gasteiger partial charge in [0.05, 0.1) is 7.11 Å². The van der Waals surface area contributed by atoms with Crippen LogP contribution in [0.1, 0.15) is 29.2 Å². The third kappa shape index (κ3) is 4.19. The van der Waals surface area contributed by atoms with Crippen LogP contribution < -0.4 is 9.64 Å². The van der Waals surface area contributed by atoms with Gasteiger partial charge in [0.15, 0.2) is 0 Å². The van der Waals surface area contributed by atoms with Gasteiger partial charge >= 0.3 is 5.97 Å². The summed E-state index contributed by atoms with van der Waals surface area (Å²) >= 11 is 0. The number of methoxy groups -OCH3 is 1. The lowest BCUT2D eigenvalue weighted by Gasteiger charge is -2.28. The van der Waals surface area contributed by atoms with Crippen molar-refractivity contribution in [1.82, 2.24) is 14.9 Å². The number of carboxylic acid groups (broad SMARTS) is 1. The summed E-state index contributed by atoms with van der Waals surface area (Å²) in [5, 5.41) is 9.95. The minimum absolute atomic E-state index is 0.638. The van der Waals surface area contributed by atoms with Crippen LogP contribution in [-0.2, 0) is 4.79 Å². The molecule has 7 nitrogen and oxygen atoms in total. The molecule has 1 unspecified atom stereocenters. The lowest BCUT2D eigenvalue weighted by atomic mass is 9.99. The Labute approximate surface area is 159 Å². The molecule has 1 saturated heterocycles. The molecule has 0 aliphatic carbocycles. The minimum Gasteiger partial charge on any atom is -0.496 e. The van der Waals surface area contributed by atoms with Crippen LogP contribution in [0.15, 0.2) is 30.6 Å². The third-order valence-corrected chi connectivity index (χ3v) is 4.97. The molecule has 0 radical (unpaired) electrons. The quantitative estimate of drug-likeness (QED) is 0.866. The molecule has 27 heavy (non-hydrogen) atoms. The predicted molar refractivity (Wildman–Crippen MR) is 103 cm³/mol. The zero-order chi connectivity index (χ0) is 19.4. The van der Waals surface area contributed by atoms with Crippen LogP contribution in [0.25, 0.3) is 0 Å². The first-order valence-electron chi connectivity index (χ1n) is 9.15. The lowest BCUT2D eigenvalue weighted by Crippen LogP contribution is -2.37. The summed E-state index contributed by atoms with van der Waals surface area (Å²) in [5.41, 5.74) is 2.70. The summed E-state index contributed by atoms with van der Waals surface area (Å²) in [5.74, 6) is 0.678. The fourth-order valence-corrected chi connectivity index (χ4v) is 3.82. The molecule has 3 rings (SSSR count). The maximum absolute atomic E-state index is 12.1. The van der Waals surface area contributed by atoms with E-state index in [9.17, 15) is 9.90 Å². The standard InChI is InChI=1S/C20H26N4O3/c1-14-12-16(13-15(2)18(14)27-3)17(19(25)26)23-8-5-9-24(11-10-23)20-21-6-4-7-22-20/h4,6-7,12-13,17H,5,8-11H2,1-3H3,(H,25,26). The number of ether oxygens (including phenoxy) is 1. The molecule has 2 heterocycles. The first-order chi connectivity index (χ1) is 13.0. The number of aryl methyl sites for hydroxylation is 2. The smallest absolute Gasteiger partial charge is 0.325 e. The van der Waals surface area contributed by atoms with E-state index in [4.69, 9.17) is 4.74 Å². The van der Waals surface area contributed by atoms with Crippen LogP contribution >= 0.6 is 0 Å². The molecular weight excluding hydrogens is 344 g/mol. The number of nitrogens with zero attached hydrogens (tertiary/aromatic N) is 4. The molecule has 1 aromatic carbocycles. The summed E-state index contributed by atoms with van der Waals surface area (Å²) in [6, 6.07) is 4.97. The Hall–Kier alpha value is -2.67. The largest absolute Gasteiger partial charge is 0.496 e. The van der Waals surface area contributed by atoms with E-state index in [-0.39, 0.29) is 0 Å². The average Bonchev–Trinajstić information content (AvgIpc) is 2.88. The van der Waals surface area contributed by atoms with Crippen molar-refractivity contribution in [2.45, 2.75) is 26.3 Å². The molecule has 1 atom stereocenters. The highest BCUT2D eigenvalue weighted by Crippen LogP contribution is 2.30. The maximum Gasteiger partial charge on any atom is 0.325 e. The third-order valence-electron chi connectivity index (χ3n) is 4.97. The Morgan fingerprint density at radius 1 is 1.11 bits per heavy atom. The van der Waals surface area contributed by atoms with Crippen molar-refractivity contribution in [2.24, 2.45) is 0 Å². The number of hydrogen-bond acceptors (Lipinski definition) is 6. The molecule has 1 aliphatic heterocycles. The van der Waals surface area contributed by atoms with Crippen LogP contribution in [0, 0.1) is 13.8 Å². The Morgan fingerprint density at radius 2 is 1.78 bits per heavy atom. The zero-order valence-electron chi connectivity index (χ0n) is 16.1. The molecule has 1 aromatic heterocycles. The Balaban J connectivity index is 1.83. The zero-order valence-corrected chi connectivity index (χ0v) is 16.1. The lowest BCUT2D eigenvalue weighted by molar-refractivity contribution is -0.143. The molecule has 1 fully saturated rings. The van der Waals surface area contributed by atoms with Gasteiger partial charge in [0.25, 0.3) is 0 Å². The molecule has 7 heteroatoms. The summed E-state index contributed by atoms with van der Waals surface area (Å²) in [6.45, 7) is 6.76. The van der Waals surface area contributed by atoms with Crippen LogP contribution in [0.4, 0.5) is 5.95 Å². The van der Waals surface area contributed by atoms with Gasteiger partial charge in [-0.2, -0.15) is 0 Å². The van der Waals surface area contributed by atoms with Gasteiger partial charge in [-0.1, -0.05) is 12.1 Å². The highest BCUT2D eigenvalue weighted by molar-refractivity contribution is 5.76. The monoisotopic (exact) mass is 370 g/mol. The number of carboxylic acids is 1. The van der Waals surface area contributed by atoms with Crippen molar-refractivity contribution in [2.75, 3.05) is 38.2 Å². The first-order valence-corrected chi connectivity index (χ1v) is 9.15. The molecule has 0 amide bonds. The molecule has 144 valence electrons. The second-order valence-electron chi connectivity index (χ2n) is 6.85. The molecular formula is C20H26N4O3. The van der Waals surface area contributed by atoms with E-state index in [1.54, 1.807) is 25.6 Å². The minimum atomic E-state index is -0.830. The van der Waals surface area contributed by atoms with Crippen LogP contribution in [0.2, 0.25) is 0 Å². The van der Waals surface area contributed by atoms with Crippen molar-refractivity contribution in [3.63, 3.8) is 0 Å². The first kappa shape index (κ1) is 19.1. The van der Waals surface area contributed by atoms with Crippen molar-refractivity contribution >= 4 is 11.9 Å². The molecule has 1 aliphatic rings. The fraction of sp³-hybridized carbons (Fsp3) is 0.450. The van der Waals surface area contributed by atoms with Gasteiger partial charge in [-0.15, -0.1) is 0 Å². The van der Waals surface area contributed by atoms with Crippen LogP contribution in [0.3, 0.4) is 0 Å². The Bertz CT molecular complexity index is 774. The number of aromatic nitrogens is 2. The summed E-state index contributed by atoms with van der Waals surface area (Å²) in [7, 11) is 1.64.